The minimum atomic E-state index is -0.924. The molecule has 3 aromatic rings. The zero-order valence-electron chi connectivity index (χ0n) is 27.0. The van der Waals surface area contributed by atoms with E-state index in [0.29, 0.717) is 30.8 Å². The Hall–Kier alpha value is -4.03. The van der Waals surface area contributed by atoms with Gasteiger partial charge in [-0.3, -0.25) is 4.79 Å². The molecule has 0 atom stereocenters. The number of rotatable bonds is 8. The number of benzene rings is 1. The number of aromatic nitrogens is 2. The molecular formula is C34H43N5O6S. The molecule has 2 fully saturated rings. The second-order valence-corrected chi connectivity index (χ2v) is 14.7. The van der Waals surface area contributed by atoms with E-state index in [1.165, 1.54) is 4.90 Å². The van der Waals surface area contributed by atoms with Gasteiger partial charge in [-0.25, -0.2) is 9.59 Å². The Bertz CT molecular complexity index is 1550. The average Bonchev–Trinajstić information content (AvgIpc) is 3.50. The third-order valence-corrected chi connectivity index (χ3v) is 9.53. The molecule has 0 spiro atoms. The van der Waals surface area contributed by atoms with Crippen LogP contribution in [0.1, 0.15) is 78.2 Å². The number of thiophene rings is 1. The van der Waals surface area contributed by atoms with E-state index in [1.807, 2.05) is 67.9 Å². The molecular weight excluding hydrogens is 606 g/mol. The smallest absolute Gasteiger partial charge is 0.408 e. The normalized spacial score (nSPS) is 24.4. The van der Waals surface area contributed by atoms with Gasteiger partial charge in [0, 0.05) is 43.5 Å². The van der Waals surface area contributed by atoms with Crippen molar-refractivity contribution in [2.45, 2.75) is 95.4 Å². The summed E-state index contributed by atoms with van der Waals surface area (Å²) in [7, 11) is 1.60. The lowest BCUT2D eigenvalue weighted by molar-refractivity contribution is -0.117. The molecule has 0 radical (unpaired) electrons. The van der Waals surface area contributed by atoms with Crippen LogP contribution in [0.3, 0.4) is 0 Å². The highest BCUT2D eigenvalue weighted by molar-refractivity contribution is 7.08. The Balaban J connectivity index is 1.31. The number of alkyl carbamates (subject to hydrolysis) is 1. The molecule has 2 aromatic heterocycles. The zero-order chi connectivity index (χ0) is 33.3. The van der Waals surface area contributed by atoms with Gasteiger partial charge in [0.05, 0.1) is 11.1 Å². The van der Waals surface area contributed by atoms with Crippen molar-refractivity contribution in [3.8, 4) is 22.4 Å². The number of nitrogens with zero attached hydrogens (tertiary/aromatic N) is 3. The maximum atomic E-state index is 13.0. The first kappa shape index (κ1) is 33.3. The second-order valence-electron chi connectivity index (χ2n) is 14.0. The van der Waals surface area contributed by atoms with Crippen LogP contribution in [0, 0.1) is 5.92 Å². The molecule has 12 heteroatoms. The molecule has 5 rings (SSSR count). The number of carboxylic acid groups (broad SMARTS) is 1. The maximum absolute atomic E-state index is 13.0. The van der Waals surface area contributed by atoms with Crippen LogP contribution in [-0.4, -0.2) is 67.7 Å². The van der Waals surface area contributed by atoms with Crippen molar-refractivity contribution in [1.29, 1.82) is 0 Å². The monoisotopic (exact) mass is 649 g/mol. The molecule has 1 aromatic carbocycles. The summed E-state index contributed by atoms with van der Waals surface area (Å²) >= 11 is 1.56. The van der Waals surface area contributed by atoms with Crippen molar-refractivity contribution in [1.82, 2.24) is 20.4 Å². The van der Waals surface area contributed by atoms with Crippen molar-refractivity contribution < 1.29 is 29.3 Å². The lowest BCUT2D eigenvalue weighted by atomic mass is 9.62. The van der Waals surface area contributed by atoms with E-state index in [0.717, 1.165) is 47.9 Å². The quantitative estimate of drug-likeness (QED) is 0.212. The number of anilines is 1. The third kappa shape index (κ3) is 7.84. The summed E-state index contributed by atoms with van der Waals surface area (Å²) < 4.78 is 5.51. The van der Waals surface area contributed by atoms with Crippen molar-refractivity contribution in [2.24, 2.45) is 5.92 Å². The summed E-state index contributed by atoms with van der Waals surface area (Å²) in [6.07, 6.45) is 2.67. The number of hydrogen-bond acceptors (Lipinski definition) is 8. The minimum absolute atomic E-state index is 0.00664. The lowest BCUT2D eigenvalue weighted by Crippen LogP contribution is -2.62. The molecule has 0 unspecified atom stereocenters. The van der Waals surface area contributed by atoms with Gasteiger partial charge in [-0.15, -0.1) is 10.2 Å². The first-order valence-corrected chi connectivity index (χ1v) is 16.6. The van der Waals surface area contributed by atoms with Gasteiger partial charge in [-0.2, -0.15) is 11.3 Å². The Labute approximate surface area is 273 Å². The Morgan fingerprint density at radius 1 is 1.04 bits per heavy atom. The summed E-state index contributed by atoms with van der Waals surface area (Å²) in [6, 6.07) is 11.5. The molecule has 2 aliphatic rings. The molecule has 3 amide bonds. The van der Waals surface area contributed by atoms with Crippen molar-refractivity contribution >= 4 is 35.2 Å². The molecule has 246 valence electrons. The van der Waals surface area contributed by atoms with E-state index >= 15 is 0 Å². The van der Waals surface area contributed by atoms with Gasteiger partial charge < -0.3 is 30.5 Å². The van der Waals surface area contributed by atoms with Crippen LogP contribution < -0.4 is 10.6 Å². The topological polar surface area (TPSA) is 154 Å². The van der Waals surface area contributed by atoms with Crippen LogP contribution in [0.2, 0.25) is 0 Å². The fourth-order valence-electron chi connectivity index (χ4n) is 6.71. The Morgan fingerprint density at radius 3 is 2.28 bits per heavy atom. The van der Waals surface area contributed by atoms with Gasteiger partial charge in [-0.05, 0) is 93.3 Å². The number of aliphatic hydroxyl groups is 1. The largest absolute Gasteiger partial charge is 0.465 e. The Morgan fingerprint density at radius 2 is 1.72 bits per heavy atom. The molecule has 0 saturated heterocycles. The van der Waals surface area contributed by atoms with Crippen LogP contribution in [0.25, 0.3) is 22.4 Å². The number of amides is 3. The molecule has 0 aliphatic heterocycles. The second kappa shape index (κ2) is 13.0. The number of carbonyl (C=O) groups is 3. The Kier molecular flexibility index (Phi) is 9.42. The van der Waals surface area contributed by atoms with E-state index in [9.17, 15) is 24.6 Å². The molecule has 2 heterocycles. The minimum Gasteiger partial charge on any atom is -0.465 e. The molecule has 0 bridgehead atoms. The summed E-state index contributed by atoms with van der Waals surface area (Å²) in [4.78, 5) is 38.3. The van der Waals surface area contributed by atoms with Gasteiger partial charge in [0.15, 0.2) is 5.82 Å². The van der Waals surface area contributed by atoms with E-state index in [1.54, 1.807) is 25.3 Å². The highest BCUT2D eigenvalue weighted by Gasteiger charge is 2.53. The molecule has 2 saturated carbocycles. The molecule has 46 heavy (non-hydrogen) atoms. The first-order valence-electron chi connectivity index (χ1n) is 15.6. The van der Waals surface area contributed by atoms with Crippen LogP contribution in [-0.2, 0) is 15.1 Å². The van der Waals surface area contributed by atoms with Crippen molar-refractivity contribution in [3.63, 3.8) is 0 Å². The fourth-order valence-corrected chi connectivity index (χ4v) is 7.37. The van der Waals surface area contributed by atoms with Crippen LogP contribution in [0.4, 0.5) is 15.4 Å². The van der Waals surface area contributed by atoms with Gasteiger partial charge >= 0.3 is 12.2 Å². The van der Waals surface area contributed by atoms with E-state index < -0.39 is 28.9 Å². The lowest BCUT2D eigenvalue weighted by Gasteiger charge is -2.52. The summed E-state index contributed by atoms with van der Waals surface area (Å²) in [6.45, 7) is 7.18. The first-order chi connectivity index (χ1) is 21.6. The summed E-state index contributed by atoms with van der Waals surface area (Å²) in [5.41, 5.74) is 1.79. The van der Waals surface area contributed by atoms with Crippen molar-refractivity contribution in [3.05, 3.63) is 52.7 Å². The number of nitrogens with one attached hydrogen (secondary N) is 2. The van der Waals surface area contributed by atoms with Crippen molar-refractivity contribution in [2.75, 3.05) is 12.4 Å². The summed E-state index contributed by atoms with van der Waals surface area (Å²) in [5.74, 6) is 0.410. The SMILES string of the molecule is CN(C(=O)O)C1CCC(CC(=O)Nc2cc(-c3ccsc3)c(-c3ccc(C4(NC(=O)OC(C)(C)C)CC(C)(O)C4)cc3)nn2)CC1. The maximum Gasteiger partial charge on any atom is 0.408 e. The molecule has 11 nitrogen and oxygen atoms in total. The third-order valence-electron chi connectivity index (χ3n) is 8.85. The number of carbonyl (C=O) groups excluding carboxylic acids is 2. The van der Waals surface area contributed by atoms with Gasteiger partial charge in [-0.1, -0.05) is 24.3 Å². The highest BCUT2D eigenvalue weighted by atomic mass is 32.1. The standard InChI is InChI=1S/C34H43N5O6S/c1-32(2,3)45-30(41)36-34(19-33(4,44)20-34)24-10-8-22(9-11-24)29-26(23-14-15-46-18-23)17-27(37-38-29)35-28(40)16-21-6-12-25(13-7-21)39(5)31(42)43/h8-11,14-15,17-18,21,25,44H,6-7,12-13,16,19-20H2,1-5H3,(H,36,41)(H,42,43)(H,35,37,40). The summed E-state index contributed by atoms with van der Waals surface area (Å²) in [5, 5.41) is 38.7. The number of hydrogen-bond donors (Lipinski definition) is 4. The van der Waals surface area contributed by atoms with Crippen LogP contribution >= 0.6 is 11.3 Å². The van der Waals surface area contributed by atoms with Gasteiger partial charge in [0.25, 0.3) is 0 Å². The van der Waals surface area contributed by atoms with Crippen LogP contribution in [0.5, 0.6) is 0 Å². The van der Waals surface area contributed by atoms with E-state index in [-0.39, 0.29) is 17.9 Å². The van der Waals surface area contributed by atoms with Gasteiger partial charge in [0.1, 0.15) is 11.3 Å². The van der Waals surface area contributed by atoms with Crippen LogP contribution in [0.15, 0.2) is 47.2 Å². The molecule has 2 aliphatic carbocycles. The predicted molar refractivity (Wildman–Crippen MR) is 176 cm³/mol. The fraction of sp³-hybridized carbons (Fsp3) is 0.500. The zero-order valence-corrected chi connectivity index (χ0v) is 27.8. The average molecular weight is 650 g/mol. The van der Waals surface area contributed by atoms with E-state index in [2.05, 4.69) is 20.8 Å². The number of ether oxygens (including phenoxy) is 1. The molecule has 4 N–H and O–H groups in total. The highest BCUT2D eigenvalue weighted by Crippen LogP contribution is 2.48. The predicted octanol–water partition coefficient (Wildman–Crippen LogP) is 6.63. The van der Waals surface area contributed by atoms with Gasteiger partial charge in [0.2, 0.25) is 5.91 Å². The van der Waals surface area contributed by atoms with E-state index in [4.69, 9.17) is 4.74 Å².